The number of phenolic OH excluding ortho intramolecular Hbond substituents is 2. The van der Waals surface area contributed by atoms with Gasteiger partial charge in [0.15, 0.2) is 0 Å². The van der Waals surface area contributed by atoms with Crippen LogP contribution in [-0.4, -0.2) is 16.3 Å². The summed E-state index contributed by atoms with van der Waals surface area (Å²) in [4.78, 5) is 0. The molecule has 3 aromatic rings. The quantitative estimate of drug-likeness (QED) is 0.381. The zero-order chi connectivity index (χ0) is 22.2. The number of rotatable bonds is 5. The normalized spacial score (nSPS) is 23.7. The SMILES string of the molecule is CC(C)[C@@H]1CC[C@@H](C)C[C@H]1OP(=O)(c1ccccc1)c1cc(O)c2ccccc2c1O. The van der Waals surface area contributed by atoms with E-state index in [2.05, 4.69) is 20.8 Å². The number of fused-ring (bicyclic) bond motifs is 1. The van der Waals surface area contributed by atoms with Gasteiger partial charge in [-0.25, -0.2) is 0 Å². The number of benzene rings is 3. The molecule has 1 aliphatic rings. The summed E-state index contributed by atoms with van der Waals surface area (Å²) >= 11 is 0. The minimum atomic E-state index is -3.68. The van der Waals surface area contributed by atoms with Crippen molar-refractivity contribution in [2.75, 3.05) is 0 Å². The van der Waals surface area contributed by atoms with Crippen LogP contribution in [0.15, 0.2) is 60.7 Å². The molecule has 5 heteroatoms. The van der Waals surface area contributed by atoms with E-state index in [1.807, 2.05) is 18.2 Å². The van der Waals surface area contributed by atoms with Crippen molar-refractivity contribution in [3.63, 3.8) is 0 Å². The molecule has 4 rings (SSSR count). The highest BCUT2D eigenvalue weighted by Gasteiger charge is 2.40. The lowest BCUT2D eigenvalue weighted by Gasteiger charge is -2.39. The zero-order valence-electron chi connectivity index (χ0n) is 18.4. The predicted octanol–water partition coefficient (Wildman–Crippen LogP) is 5.96. The highest BCUT2D eigenvalue weighted by atomic mass is 31.2. The second kappa shape index (κ2) is 8.68. The van der Waals surface area contributed by atoms with Crippen LogP contribution in [0.2, 0.25) is 0 Å². The molecule has 0 aromatic heterocycles. The van der Waals surface area contributed by atoms with E-state index in [4.69, 9.17) is 4.52 Å². The summed E-state index contributed by atoms with van der Waals surface area (Å²) in [5.74, 6) is 1.08. The Kier molecular flexibility index (Phi) is 6.14. The molecular weight excluding hydrogens is 407 g/mol. The van der Waals surface area contributed by atoms with Gasteiger partial charge in [0, 0.05) is 16.1 Å². The molecule has 4 nitrogen and oxygen atoms in total. The van der Waals surface area contributed by atoms with E-state index in [1.54, 1.807) is 36.4 Å². The summed E-state index contributed by atoms with van der Waals surface area (Å²) in [5, 5.41) is 23.5. The summed E-state index contributed by atoms with van der Waals surface area (Å²) in [5.41, 5.74) is 0. The van der Waals surface area contributed by atoms with Crippen molar-refractivity contribution in [3.8, 4) is 11.5 Å². The van der Waals surface area contributed by atoms with Crippen LogP contribution in [0.1, 0.15) is 40.0 Å². The molecule has 2 N–H and O–H groups in total. The van der Waals surface area contributed by atoms with Gasteiger partial charge in [-0.05, 0) is 48.8 Å². The lowest BCUT2D eigenvalue weighted by atomic mass is 9.75. The van der Waals surface area contributed by atoms with E-state index in [9.17, 15) is 14.8 Å². The highest BCUT2D eigenvalue weighted by molar-refractivity contribution is 7.74. The van der Waals surface area contributed by atoms with Crippen LogP contribution in [0.3, 0.4) is 0 Å². The molecular formula is C26H31O4P. The first-order valence-corrected chi connectivity index (χ1v) is 12.7. The Morgan fingerprint density at radius 1 is 0.968 bits per heavy atom. The van der Waals surface area contributed by atoms with Crippen LogP contribution in [0.5, 0.6) is 11.5 Å². The summed E-state index contributed by atoms with van der Waals surface area (Å²) in [7, 11) is -3.68. The van der Waals surface area contributed by atoms with E-state index < -0.39 is 7.37 Å². The molecule has 164 valence electrons. The van der Waals surface area contributed by atoms with Gasteiger partial charge in [-0.3, -0.25) is 4.57 Å². The van der Waals surface area contributed by atoms with Crippen molar-refractivity contribution in [1.82, 2.24) is 0 Å². The first kappa shape index (κ1) is 21.9. The Balaban J connectivity index is 1.89. The van der Waals surface area contributed by atoms with Gasteiger partial charge in [-0.2, -0.15) is 0 Å². The molecule has 0 radical (unpaired) electrons. The van der Waals surface area contributed by atoms with Gasteiger partial charge in [-0.15, -0.1) is 0 Å². The second-order valence-corrected chi connectivity index (χ2v) is 11.5. The summed E-state index contributed by atoms with van der Waals surface area (Å²) in [6, 6.07) is 17.5. The van der Waals surface area contributed by atoms with Crippen molar-refractivity contribution in [2.24, 2.45) is 17.8 Å². The minimum absolute atomic E-state index is 0.0134. The van der Waals surface area contributed by atoms with Crippen molar-refractivity contribution >= 4 is 28.8 Å². The fourth-order valence-electron chi connectivity index (χ4n) is 4.86. The van der Waals surface area contributed by atoms with Crippen LogP contribution >= 0.6 is 7.37 Å². The van der Waals surface area contributed by atoms with Gasteiger partial charge in [0.2, 0.25) is 0 Å². The maximum absolute atomic E-state index is 14.7. The van der Waals surface area contributed by atoms with Crippen LogP contribution in [0, 0.1) is 17.8 Å². The largest absolute Gasteiger partial charge is 0.507 e. The number of hydrogen-bond donors (Lipinski definition) is 2. The average molecular weight is 439 g/mol. The topological polar surface area (TPSA) is 66.8 Å². The van der Waals surface area contributed by atoms with Crippen LogP contribution in [0.4, 0.5) is 0 Å². The highest BCUT2D eigenvalue weighted by Crippen LogP contribution is 2.53. The average Bonchev–Trinajstić information content (AvgIpc) is 2.76. The first-order chi connectivity index (χ1) is 14.8. The molecule has 1 unspecified atom stereocenters. The summed E-state index contributed by atoms with van der Waals surface area (Å²) in [6.45, 7) is 6.58. The lowest BCUT2D eigenvalue weighted by Crippen LogP contribution is -2.36. The van der Waals surface area contributed by atoms with Crippen LogP contribution in [0.25, 0.3) is 10.8 Å². The maximum atomic E-state index is 14.7. The zero-order valence-corrected chi connectivity index (χ0v) is 19.3. The van der Waals surface area contributed by atoms with Gasteiger partial charge < -0.3 is 14.7 Å². The Morgan fingerprint density at radius 3 is 2.29 bits per heavy atom. The van der Waals surface area contributed by atoms with Crippen LogP contribution in [-0.2, 0) is 9.09 Å². The Hall–Kier alpha value is -2.29. The van der Waals surface area contributed by atoms with Gasteiger partial charge in [0.1, 0.15) is 11.5 Å². The lowest BCUT2D eigenvalue weighted by molar-refractivity contribution is 0.0514. The van der Waals surface area contributed by atoms with Crippen molar-refractivity contribution in [1.29, 1.82) is 0 Å². The van der Waals surface area contributed by atoms with Crippen molar-refractivity contribution in [2.45, 2.75) is 46.1 Å². The molecule has 0 aliphatic heterocycles. The second-order valence-electron chi connectivity index (χ2n) is 9.17. The molecule has 0 saturated heterocycles. The van der Waals surface area contributed by atoms with E-state index in [1.165, 1.54) is 6.07 Å². The molecule has 1 saturated carbocycles. The Morgan fingerprint density at radius 2 is 1.61 bits per heavy atom. The number of phenols is 2. The molecule has 3 aromatic carbocycles. The smallest absolute Gasteiger partial charge is 0.265 e. The first-order valence-electron chi connectivity index (χ1n) is 11.1. The van der Waals surface area contributed by atoms with E-state index in [-0.39, 0.29) is 22.9 Å². The van der Waals surface area contributed by atoms with Crippen molar-refractivity contribution < 1.29 is 19.3 Å². The molecule has 0 amide bonds. The molecule has 0 spiro atoms. The minimum Gasteiger partial charge on any atom is -0.507 e. The predicted molar refractivity (Wildman–Crippen MR) is 127 cm³/mol. The number of aromatic hydroxyl groups is 2. The summed E-state index contributed by atoms with van der Waals surface area (Å²) in [6.07, 6.45) is 2.83. The standard InChI is InChI=1S/C26H31O4P/c1-17(2)20-14-13-18(3)15-24(20)30-31(29,19-9-5-4-6-10-19)25-16-23(27)21-11-7-8-12-22(21)26(25)28/h4-12,16-18,20,24,27-28H,13-15H2,1-3H3/t18-,20+,24-,31?/m1/s1. The van der Waals surface area contributed by atoms with Gasteiger partial charge in [0.05, 0.1) is 11.4 Å². The van der Waals surface area contributed by atoms with Gasteiger partial charge in [0.25, 0.3) is 7.37 Å². The Bertz CT molecular complexity index is 1110. The Labute approximate surface area is 184 Å². The van der Waals surface area contributed by atoms with Gasteiger partial charge in [-0.1, -0.05) is 69.7 Å². The van der Waals surface area contributed by atoms with E-state index in [0.717, 1.165) is 19.3 Å². The van der Waals surface area contributed by atoms with Crippen molar-refractivity contribution in [3.05, 3.63) is 60.7 Å². The molecule has 4 atom stereocenters. The van der Waals surface area contributed by atoms with Crippen LogP contribution < -0.4 is 10.6 Å². The van der Waals surface area contributed by atoms with E-state index in [0.29, 0.717) is 33.8 Å². The fourth-order valence-corrected chi connectivity index (χ4v) is 7.25. The third kappa shape index (κ3) is 4.12. The fraction of sp³-hybridized carbons (Fsp3) is 0.385. The molecule has 31 heavy (non-hydrogen) atoms. The van der Waals surface area contributed by atoms with Gasteiger partial charge >= 0.3 is 0 Å². The summed E-state index contributed by atoms with van der Waals surface area (Å²) < 4.78 is 21.2. The maximum Gasteiger partial charge on any atom is 0.265 e. The third-order valence-corrected chi connectivity index (χ3v) is 9.15. The molecule has 0 bridgehead atoms. The molecule has 1 aliphatic carbocycles. The number of hydrogen-bond acceptors (Lipinski definition) is 4. The third-order valence-electron chi connectivity index (χ3n) is 6.63. The molecule has 1 fully saturated rings. The monoisotopic (exact) mass is 438 g/mol. The van der Waals surface area contributed by atoms with E-state index >= 15 is 0 Å². The molecule has 0 heterocycles.